The summed E-state index contributed by atoms with van der Waals surface area (Å²) >= 11 is 0. The Morgan fingerprint density at radius 3 is 2.46 bits per heavy atom. The van der Waals surface area contributed by atoms with Gasteiger partial charge in [-0.3, -0.25) is 4.79 Å². The molecular formula is C18H16FN3O4. The molecule has 0 saturated heterocycles. The van der Waals surface area contributed by atoms with Crippen LogP contribution in [0.2, 0.25) is 0 Å². The van der Waals surface area contributed by atoms with Crippen molar-refractivity contribution in [2.45, 2.75) is 0 Å². The molecule has 0 heterocycles. The lowest BCUT2D eigenvalue weighted by atomic mass is 10.1. The lowest BCUT2D eigenvalue weighted by Crippen LogP contribution is -2.19. The lowest BCUT2D eigenvalue weighted by molar-refractivity contribution is 0.0951. The predicted octanol–water partition coefficient (Wildman–Crippen LogP) is 2.49. The zero-order valence-electron chi connectivity index (χ0n) is 14.4. The highest BCUT2D eigenvalue weighted by Crippen LogP contribution is 2.38. The van der Waals surface area contributed by atoms with Crippen LogP contribution in [-0.4, -0.2) is 33.5 Å². The number of methoxy groups -OCH3 is 3. The van der Waals surface area contributed by atoms with Gasteiger partial charge in [0, 0.05) is 5.56 Å². The third kappa shape index (κ3) is 3.89. The van der Waals surface area contributed by atoms with E-state index in [0.29, 0.717) is 22.8 Å². The second-order valence-corrected chi connectivity index (χ2v) is 4.93. The van der Waals surface area contributed by atoms with Gasteiger partial charge < -0.3 is 14.2 Å². The Morgan fingerprint density at radius 1 is 1.15 bits per heavy atom. The molecule has 0 radical (unpaired) electrons. The Kier molecular flexibility index (Phi) is 6.11. The molecule has 2 rings (SSSR count). The van der Waals surface area contributed by atoms with Crippen LogP contribution in [0.15, 0.2) is 35.4 Å². The first-order valence-electron chi connectivity index (χ1n) is 7.37. The van der Waals surface area contributed by atoms with Gasteiger partial charge in [-0.15, -0.1) is 0 Å². The maximum atomic E-state index is 13.8. The molecule has 0 bridgehead atoms. The van der Waals surface area contributed by atoms with E-state index in [1.54, 1.807) is 18.2 Å². The summed E-state index contributed by atoms with van der Waals surface area (Å²) in [5.41, 5.74) is 2.64. The number of nitrogens with zero attached hydrogens (tertiary/aromatic N) is 2. The minimum atomic E-state index is -0.805. The Balaban J connectivity index is 2.21. The molecule has 0 unspecified atom stereocenters. The van der Waals surface area contributed by atoms with E-state index in [4.69, 9.17) is 19.5 Å². The number of rotatable bonds is 6. The van der Waals surface area contributed by atoms with Gasteiger partial charge in [-0.2, -0.15) is 10.4 Å². The largest absolute Gasteiger partial charge is 0.493 e. The SMILES string of the molecule is COc1ccc(/C=N\NC(=O)c2ccc(C#N)cc2F)c(OC)c1OC. The summed E-state index contributed by atoms with van der Waals surface area (Å²) in [5, 5.41) is 12.5. The second kappa shape index (κ2) is 8.48. The summed E-state index contributed by atoms with van der Waals surface area (Å²) in [7, 11) is 4.42. The quantitative estimate of drug-likeness (QED) is 0.633. The molecule has 0 fully saturated rings. The number of nitrogens with one attached hydrogen (secondary N) is 1. The van der Waals surface area contributed by atoms with Crippen molar-refractivity contribution in [2.24, 2.45) is 5.10 Å². The number of hydrogen-bond donors (Lipinski definition) is 1. The summed E-state index contributed by atoms with van der Waals surface area (Å²) < 4.78 is 29.6. The van der Waals surface area contributed by atoms with E-state index in [1.165, 1.54) is 39.7 Å². The molecule has 0 aliphatic heterocycles. The molecule has 1 N–H and O–H groups in total. The standard InChI is InChI=1S/C18H16FN3O4/c1-24-15-7-5-12(16(25-2)17(15)26-3)10-21-22-18(23)13-6-4-11(9-20)8-14(13)19/h4-8,10H,1-3H3,(H,22,23)/b21-10-. The van der Waals surface area contributed by atoms with Crippen LogP contribution in [0.1, 0.15) is 21.5 Å². The van der Waals surface area contributed by atoms with Gasteiger partial charge in [0.1, 0.15) is 5.82 Å². The number of hydrogen-bond acceptors (Lipinski definition) is 6. The van der Waals surface area contributed by atoms with Crippen LogP contribution >= 0.6 is 0 Å². The zero-order chi connectivity index (χ0) is 19.1. The van der Waals surface area contributed by atoms with Crippen molar-refractivity contribution in [1.82, 2.24) is 5.43 Å². The molecular weight excluding hydrogens is 341 g/mol. The van der Waals surface area contributed by atoms with Gasteiger partial charge in [0.25, 0.3) is 5.91 Å². The van der Waals surface area contributed by atoms with E-state index in [1.807, 2.05) is 0 Å². The summed E-state index contributed by atoms with van der Waals surface area (Å²) in [6.07, 6.45) is 1.33. The van der Waals surface area contributed by atoms with Crippen LogP contribution in [0.3, 0.4) is 0 Å². The van der Waals surface area contributed by atoms with Crippen LogP contribution in [0.5, 0.6) is 17.2 Å². The van der Waals surface area contributed by atoms with Crippen LogP contribution in [0.25, 0.3) is 0 Å². The number of carbonyl (C=O) groups is 1. The molecule has 8 heteroatoms. The van der Waals surface area contributed by atoms with Gasteiger partial charge in [-0.1, -0.05) is 0 Å². The lowest BCUT2D eigenvalue weighted by Gasteiger charge is -2.13. The topological polar surface area (TPSA) is 92.9 Å². The number of halogens is 1. The fourth-order valence-electron chi connectivity index (χ4n) is 2.22. The van der Waals surface area contributed by atoms with Gasteiger partial charge in [-0.25, -0.2) is 9.82 Å². The first kappa shape index (κ1) is 18.7. The van der Waals surface area contributed by atoms with Crippen molar-refractivity contribution < 1.29 is 23.4 Å². The molecule has 26 heavy (non-hydrogen) atoms. The normalized spacial score (nSPS) is 10.3. The van der Waals surface area contributed by atoms with Gasteiger partial charge in [0.15, 0.2) is 11.5 Å². The number of carbonyl (C=O) groups excluding carboxylic acids is 1. The summed E-state index contributed by atoms with van der Waals surface area (Å²) in [4.78, 5) is 12.0. The molecule has 134 valence electrons. The van der Waals surface area contributed by atoms with Crippen LogP contribution < -0.4 is 19.6 Å². The van der Waals surface area contributed by atoms with Gasteiger partial charge >= 0.3 is 0 Å². The molecule has 0 atom stereocenters. The van der Waals surface area contributed by atoms with Crippen molar-refractivity contribution >= 4 is 12.1 Å². The van der Waals surface area contributed by atoms with E-state index in [9.17, 15) is 9.18 Å². The molecule has 0 aromatic heterocycles. The van der Waals surface area contributed by atoms with E-state index in [2.05, 4.69) is 10.5 Å². The highest BCUT2D eigenvalue weighted by Gasteiger charge is 2.15. The molecule has 0 saturated carbocycles. The van der Waals surface area contributed by atoms with Crippen molar-refractivity contribution in [1.29, 1.82) is 5.26 Å². The highest BCUT2D eigenvalue weighted by molar-refractivity contribution is 5.95. The number of nitriles is 1. The van der Waals surface area contributed by atoms with E-state index >= 15 is 0 Å². The molecule has 2 aromatic rings. The Bertz CT molecular complexity index is 891. The number of benzene rings is 2. The average molecular weight is 357 g/mol. The fourth-order valence-corrected chi connectivity index (χ4v) is 2.22. The van der Waals surface area contributed by atoms with Gasteiger partial charge in [-0.05, 0) is 30.3 Å². The smallest absolute Gasteiger partial charge is 0.274 e. The second-order valence-electron chi connectivity index (χ2n) is 4.93. The molecule has 0 aliphatic rings. The van der Waals surface area contributed by atoms with E-state index in [-0.39, 0.29) is 11.1 Å². The van der Waals surface area contributed by atoms with Crippen molar-refractivity contribution in [3.8, 4) is 23.3 Å². The minimum Gasteiger partial charge on any atom is -0.493 e. The van der Waals surface area contributed by atoms with Crippen molar-refractivity contribution in [3.63, 3.8) is 0 Å². The summed E-state index contributed by atoms with van der Waals surface area (Å²) in [5.74, 6) is -0.328. The molecule has 0 aliphatic carbocycles. The van der Waals surface area contributed by atoms with Crippen molar-refractivity contribution in [2.75, 3.05) is 21.3 Å². The monoisotopic (exact) mass is 357 g/mol. The highest BCUT2D eigenvalue weighted by atomic mass is 19.1. The molecule has 0 spiro atoms. The molecule has 1 amide bonds. The van der Waals surface area contributed by atoms with Crippen LogP contribution in [0.4, 0.5) is 4.39 Å². The number of ether oxygens (including phenoxy) is 3. The maximum absolute atomic E-state index is 13.8. The maximum Gasteiger partial charge on any atom is 0.274 e. The van der Waals surface area contributed by atoms with Crippen LogP contribution in [-0.2, 0) is 0 Å². The van der Waals surface area contributed by atoms with Crippen LogP contribution in [0, 0.1) is 17.1 Å². The Labute approximate surface area is 149 Å². The first-order valence-corrected chi connectivity index (χ1v) is 7.37. The summed E-state index contributed by atoms with van der Waals surface area (Å²) in [6.45, 7) is 0. The fraction of sp³-hybridized carbons (Fsp3) is 0.167. The predicted molar refractivity (Wildman–Crippen MR) is 92.3 cm³/mol. The third-order valence-corrected chi connectivity index (χ3v) is 3.45. The van der Waals surface area contributed by atoms with Gasteiger partial charge in [0.05, 0.1) is 44.7 Å². The van der Waals surface area contributed by atoms with E-state index in [0.717, 1.165) is 6.07 Å². The first-order chi connectivity index (χ1) is 12.5. The van der Waals surface area contributed by atoms with E-state index < -0.39 is 11.7 Å². The average Bonchev–Trinajstić information content (AvgIpc) is 2.66. The third-order valence-electron chi connectivity index (χ3n) is 3.45. The number of amides is 1. The zero-order valence-corrected chi connectivity index (χ0v) is 14.4. The Morgan fingerprint density at radius 2 is 1.88 bits per heavy atom. The summed E-state index contributed by atoms with van der Waals surface area (Å²) in [6, 6.07) is 8.66. The Hall–Kier alpha value is -3.60. The molecule has 2 aromatic carbocycles. The van der Waals surface area contributed by atoms with Gasteiger partial charge in [0.2, 0.25) is 5.75 Å². The van der Waals surface area contributed by atoms with Crippen molar-refractivity contribution in [3.05, 3.63) is 52.8 Å². The minimum absolute atomic E-state index is 0.123. The molecule has 7 nitrogen and oxygen atoms in total. The number of hydrazone groups is 1.